The number of hydrogen-bond acceptors (Lipinski definition) is 3. The molecule has 0 aliphatic heterocycles. The molecule has 0 aromatic heterocycles. The van der Waals surface area contributed by atoms with E-state index < -0.39 is 6.04 Å². The lowest BCUT2D eigenvalue weighted by atomic mass is 10.2. The van der Waals surface area contributed by atoms with Crippen molar-refractivity contribution in [1.82, 2.24) is 5.32 Å². The number of aliphatic hydroxyl groups is 1. The van der Waals surface area contributed by atoms with E-state index in [2.05, 4.69) is 5.32 Å². The Morgan fingerprint density at radius 1 is 1.46 bits per heavy atom. The van der Waals surface area contributed by atoms with Gasteiger partial charge in [0.2, 0.25) is 5.91 Å². The van der Waals surface area contributed by atoms with Crippen LogP contribution in [0, 0.1) is 0 Å². The lowest BCUT2D eigenvalue weighted by molar-refractivity contribution is -0.122. The molecule has 0 aliphatic rings. The van der Waals surface area contributed by atoms with Crippen LogP contribution in [-0.2, 0) is 4.79 Å². The average molecular weight is 188 g/mol. The van der Waals surface area contributed by atoms with Gasteiger partial charge in [-0.3, -0.25) is 4.79 Å². The number of nitrogens with two attached hydrogens (primary N) is 1. The highest BCUT2D eigenvalue weighted by atomic mass is 16.3. The molecule has 1 amide bonds. The van der Waals surface area contributed by atoms with Crippen molar-refractivity contribution >= 4 is 5.91 Å². The van der Waals surface area contributed by atoms with Gasteiger partial charge in [-0.2, -0.15) is 0 Å². The normalized spacial score (nSPS) is 15.1. The van der Waals surface area contributed by atoms with E-state index in [1.54, 1.807) is 0 Å². The molecule has 0 heterocycles. The van der Waals surface area contributed by atoms with E-state index in [4.69, 9.17) is 5.73 Å². The van der Waals surface area contributed by atoms with Gasteiger partial charge in [0, 0.05) is 6.54 Å². The van der Waals surface area contributed by atoms with E-state index in [1.807, 2.05) is 13.8 Å². The molecule has 0 radical (unpaired) electrons. The van der Waals surface area contributed by atoms with Gasteiger partial charge in [-0.15, -0.1) is 0 Å². The van der Waals surface area contributed by atoms with E-state index in [1.165, 1.54) is 0 Å². The third kappa shape index (κ3) is 5.60. The summed E-state index contributed by atoms with van der Waals surface area (Å²) in [5.74, 6) is -0.134. The first-order chi connectivity index (χ1) is 6.11. The molecule has 0 rings (SSSR count). The lowest BCUT2D eigenvalue weighted by Crippen LogP contribution is -2.40. The zero-order valence-corrected chi connectivity index (χ0v) is 8.42. The fourth-order valence-corrected chi connectivity index (χ4v) is 0.883. The maximum atomic E-state index is 11.1. The molecule has 0 saturated carbocycles. The molecule has 4 nitrogen and oxygen atoms in total. The summed E-state index contributed by atoms with van der Waals surface area (Å²) in [5, 5.41) is 11.9. The molecule has 2 atom stereocenters. The van der Waals surface area contributed by atoms with Gasteiger partial charge < -0.3 is 16.2 Å². The van der Waals surface area contributed by atoms with Gasteiger partial charge in [0.15, 0.2) is 0 Å². The molecule has 0 aliphatic carbocycles. The molecule has 4 heteroatoms. The van der Waals surface area contributed by atoms with Crippen LogP contribution in [0.5, 0.6) is 0 Å². The molecule has 13 heavy (non-hydrogen) atoms. The zero-order chi connectivity index (χ0) is 10.3. The van der Waals surface area contributed by atoms with Crippen LogP contribution in [-0.4, -0.2) is 29.7 Å². The van der Waals surface area contributed by atoms with Crippen LogP contribution in [0.15, 0.2) is 0 Å². The third-order valence-corrected chi connectivity index (χ3v) is 2.02. The van der Waals surface area contributed by atoms with Gasteiger partial charge in [-0.1, -0.05) is 13.8 Å². The van der Waals surface area contributed by atoms with Crippen molar-refractivity contribution in [2.45, 2.75) is 45.3 Å². The summed E-state index contributed by atoms with van der Waals surface area (Å²) < 4.78 is 0. The van der Waals surface area contributed by atoms with E-state index in [-0.39, 0.29) is 12.0 Å². The second-order valence-corrected chi connectivity index (χ2v) is 3.16. The number of carbonyl (C=O) groups excluding carboxylic acids is 1. The number of nitrogens with one attached hydrogen (secondary N) is 1. The summed E-state index contributed by atoms with van der Waals surface area (Å²) in [5.41, 5.74) is 5.49. The van der Waals surface area contributed by atoms with Gasteiger partial charge >= 0.3 is 0 Å². The van der Waals surface area contributed by atoms with E-state index in [0.717, 1.165) is 6.42 Å². The van der Waals surface area contributed by atoms with E-state index in [0.29, 0.717) is 19.4 Å². The number of aliphatic hydroxyl groups excluding tert-OH is 1. The first-order valence-corrected chi connectivity index (χ1v) is 4.83. The molecule has 4 N–H and O–H groups in total. The second-order valence-electron chi connectivity index (χ2n) is 3.16. The molecule has 0 aromatic carbocycles. The Hall–Kier alpha value is -0.610. The SMILES string of the molecule is CCC(O)CCNC(=O)C(N)CC. The molecular formula is C9H20N2O2. The second kappa shape index (κ2) is 6.86. The van der Waals surface area contributed by atoms with Crippen molar-refractivity contribution in [3.63, 3.8) is 0 Å². The summed E-state index contributed by atoms with van der Waals surface area (Å²) in [6, 6.07) is -0.418. The monoisotopic (exact) mass is 188 g/mol. The Bertz CT molecular complexity index is 151. The predicted octanol–water partition coefficient (Wildman–Crippen LogP) is 0.000900. The summed E-state index contributed by atoms with van der Waals surface area (Å²) in [6.45, 7) is 4.27. The molecule has 78 valence electrons. The minimum absolute atomic E-state index is 0.134. The summed E-state index contributed by atoms with van der Waals surface area (Å²) >= 11 is 0. The molecule has 0 saturated heterocycles. The Labute approximate surface area is 79.5 Å². The number of hydrogen-bond donors (Lipinski definition) is 3. The molecule has 2 unspecified atom stereocenters. The number of rotatable bonds is 6. The maximum absolute atomic E-state index is 11.1. The molecule has 0 fully saturated rings. The number of carbonyl (C=O) groups is 1. The smallest absolute Gasteiger partial charge is 0.236 e. The Morgan fingerprint density at radius 2 is 2.08 bits per heavy atom. The van der Waals surface area contributed by atoms with Crippen molar-refractivity contribution in [2.75, 3.05) is 6.54 Å². The van der Waals surface area contributed by atoms with Crippen molar-refractivity contribution < 1.29 is 9.90 Å². The van der Waals surface area contributed by atoms with Crippen LogP contribution < -0.4 is 11.1 Å². The summed E-state index contributed by atoms with van der Waals surface area (Å²) in [7, 11) is 0. The van der Waals surface area contributed by atoms with E-state index in [9.17, 15) is 9.90 Å². The minimum Gasteiger partial charge on any atom is -0.393 e. The van der Waals surface area contributed by atoms with Crippen LogP contribution in [0.2, 0.25) is 0 Å². The van der Waals surface area contributed by atoms with Gasteiger partial charge in [0.1, 0.15) is 0 Å². The largest absolute Gasteiger partial charge is 0.393 e. The highest BCUT2D eigenvalue weighted by Crippen LogP contribution is 1.94. The standard InChI is InChI=1S/C9H20N2O2/c1-3-7(12)5-6-11-9(13)8(10)4-2/h7-8,12H,3-6,10H2,1-2H3,(H,11,13). The first-order valence-electron chi connectivity index (χ1n) is 4.83. The van der Waals surface area contributed by atoms with Gasteiger partial charge in [0.05, 0.1) is 12.1 Å². The van der Waals surface area contributed by atoms with Crippen molar-refractivity contribution in [2.24, 2.45) is 5.73 Å². The summed E-state index contributed by atoms with van der Waals surface area (Å²) in [4.78, 5) is 11.1. The average Bonchev–Trinajstić information content (AvgIpc) is 2.15. The number of amides is 1. The van der Waals surface area contributed by atoms with Crippen LogP contribution in [0.3, 0.4) is 0 Å². The van der Waals surface area contributed by atoms with Crippen LogP contribution in [0.1, 0.15) is 33.1 Å². The van der Waals surface area contributed by atoms with E-state index >= 15 is 0 Å². The minimum atomic E-state index is -0.418. The fraction of sp³-hybridized carbons (Fsp3) is 0.889. The Kier molecular flexibility index (Phi) is 6.54. The molecule has 0 spiro atoms. The highest BCUT2D eigenvalue weighted by molar-refractivity contribution is 5.81. The van der Waals surface area contributed by atoms with Gasteiger partial charge in [-0.05, 0) is 19.3 Å². The van der Waals surface area contributed by atoms with Crippen LogP contribution in [0.4, 0.5) is 0 Å². The van der Waals surface area contributed by atoms with Crippen molar-refractivity contribution in [3.8, 4) is 0 Å². The predicted molar refractivity (Wildman–Crippen MR) is 52.2 cm³/mol. The zero-order valence-electron chi connectivity index (χ0n) is 8.42. The molecule has 0 bridgehead atoms. The van der Waals surface area contributed by atoms with Crippen LogP contribution >= 0.6 is 0 Å². The fourth-order valence-electron chi connectivity index (χ4n) is 0.883. The van der Waals surface area contributed by atoms with Gasteiger partial charge in [0.25, 0.3) is 0 Å². The van der Waals surface area contributed by atoms with Gasteiger partial charge in [-0.25, -0.2) is 0 Å². The first kappa shape index (κ1) is 12.4. The quantitative estimate of drug-likeness (QED) is 0.549. The topological polar surface area (TPSA) is 75.3 Å². The third-order valence-electron chi connectivity index (χ3n) is 2.02. The molecule has 0 aromatic rings. The Balaban J connectivity index is 3.47. The maximum Gasteiger partial charge on any atom is 0.236 e. The van der Waals surface area contributed by atoms with Crippen molar-refractivity contribution in [1.29, 1.82) is 0 Å². The van der Waals surface area contributed by atoms with Crippen LogP contribution in [0.25, 0.3) is 0 Å². The lowest BCUT2D eigenvalue weighted by Gasteiger charge is -2.11. The summed E-state index contributed by atoms with van der Waals surface area (Å²) in [6.07, 6.45) is 1.63. The highest BCUT2D eigenvalue weighted by Gasteiger charge is 2.10. The van der Waals surface area contributed by atoms with Crippen molar-refractivity contribution in [3.05, 3.63) is 0 Å². The molecular weight excluding hydrogens is 168 g/mol. The Morgan fingerprint density at radius 3 is 2.54 bits per heavy atom.